The number of hydrogen-bond donors (Lipinski definition) is 3. The van der Waals surface area contributed by atoms with Crippen molar-refractivity contribution in [3.8, 4) is 0 Å². The molecule has 3 nitrogen and oxygen atoms in total. The molecule has 11 heavy (non-hydrogen) atoms. The highest BCUT2D eigenvalue weighted by molar-refractivity contribution is 7.80. The number of thiocarbonyl (C=S) groups is 1. The molecule has 0 unspecified atom stereocenters. The molecule has 0 saturated carbocycles. The summed E-state index contributed by atoms with van der Waals surface area (Å²) in [6, 6.07) is 7.07. The lowest BCUT2D eigenvalue weighted by Crippen LogP contribution is -2.08. The fourth-order valence-electron chi connectivity index (χ4n) is 0.726. The highest BCUT2D eigenvalue weighted by Gasteiger charge is 1.96. The summed E-state index contributed by atoms with van der Waals surface area (Å²) in [5.74, 6) is 0. The van der Waals surface area contributed by atoms with Crippen LogP contribution >= 0.6 is 12.2 Å². The zero-order valence-electron chi connectivity index (χ0n) is 5.74. The monoisotopic (exact) mass is 168 g/mol. The predicted octanol–water partition coefficient (Wildman–Crippen LogP) is 1.52. The van der Waals surface area contributed by atoms with E-state index in [4.69, 9.17) is 10.8 Å². The van der Waals surface area contributed by atoms with Crippen molar-refractivity contribution in [1.29, 1.82) is 0 Å². The van der Waals surface area contributed by atoms with Gasteiger partial charge in [0.05, 0.1) is 11.4 Å². The molecule has 1 rings (SSSR count). The van der Waals surface area contributed by atoms with Crippen LogP contribution in [0.15, 0.2) is 24.3 Å². The van der Waals surface area contributed by atoms with Crippen LogP contribution in [-0.4, -0.2) is 10.3 Å². The van der Waals surface area contributed by atoms with E-state index < -0.39 is 0 Å². The highest BCUT2D eigenvalue weighted by Crippen LogP contribution is 2.15. The smallest absolute Gasteiger partial charge is 0.258 e. The Bertz CT molecular complexity index is 275. The predicted molar refractivity (Wildman–Crippen MR) is 49.7 cm³/mol. The van der Waals surface area contributed by atoms with Gasteiger partial charge in [-0.05, 0) is 24.4 Å². The molecular weight excluding hydrogens is 160 g/mol. The first-order valence-corrected chi connectivity index (χ1v) is 3.45. The molecule has 0 fully saturated rings. The maximum absolute atomic E-state index is 8.70. The molecule has 0 radical (unpaired) electrons. The molecular formula is C7H8N2OS. The van der Waals surface area contributed by atoms with Crippen LogP contribution in [0.2, 0.25) is 0 Å². The second kappa shape index (κ2) is 3.21. The van der Waals surface area contributed by atoms with E-state index in [1.807, 2.05) is 0 Å². The third-order valence-electron chi connectivity index (χ3n) is 1.20. The van der Waals surface area contributed by atoms with Crippen molar-refractivity contribution in [1.82, 2.24) is 0 Å². The summed E-state index contributed by atoms with van der Waals surface area (Å²) in [7, 11) is 0. The lowest BCUT2D eigenvalue weighted by molar-refractivity contribution is 0.567. The van der Waals surface area contributed by atoms with E-state index in [2.05, 4.69) is 17.5 Å². The van der Waals surface area contributed by atoms with Crippen molar-refractivity contribution < 1.29 is 5.11 Å². The molecule has 0 aromatic heterocycles. The van der Waals surface area contributed by atoms with E-state index in [0.29, 0.717) is 11.4 Å². The molecule has 0 amide bonds. The SMILES string of the molecule is Nc1ccccc1NC(O)=S. The summed E-state index contributed by atoms with van der Waals surface area (Å²) in [5, 5.41) is 11.0. The third kappa shape index (κ3) is 2.09. The average molecular weight is 168 g/mol. The van der Waals surface area contributed by atoms with Gasteiger partial charge in [-0.2, -0.15) is 0 Å². The number of benzene rings is 1. The number of aliphatic hydroxyl groups excluding tert-OH is 1. The van der Waals surface area contributed by atoms with Crippen molar-refractivity contribution in [2.24, 2.45) is 0 Å². The summed E-state index contributed by atoms with van der Waals surface area (Å²) < 4.78 is 0. The van der Waals surface area contributed by atoms with Crippen molar-refractivity contribution in [3.63, 3.8) is 0 Å². The van der Waals surface area contributed by atoms with Gasteiger partial charge in [-0.25, -0.2) is 0 Å². The molecule has 0 spiro atoms. The topological polar surface area (TPSA) is 58.3 Å². The Labute approximate surface area is 69.8 Å². The van der Waals surface area contributed by atoms with Gasteiger partial charge in [-0.15, -0.1) is 0 Å². The molecule has 0 atom stereocenters. The summed E-state index contributed by atoms with van der Waals surface area (Å²) in [4.78, 5) is 0. The third-order valence-corrected chi connectivity index (χ3v) is 1.30. The summed E-state index contributed by atoms with van der Waals surface area (Å²) >= 11 is 4.43. The quantitative estimate of drug-likeness (QED) is 0.439. The Kier molecular flexibility index (Phi) is 2.28. The minimum Gasteiger partial charge on any atom is -0.486 e. The fraction of sp³-hybridized carbons (Fsp3) is 0. The van der Waals surface area contributed by atoms with Crippen LogP contribution in [0.25, 0.3) is 0 Å². The van der Waals surface area contributed by atoms with Gasteiger partial charge in [-0.1, -0.05) is 12.1 Å². The highest BCUT2D eigenvalue weighted by atomic mass is 32.1. The molecule has 0 aliphatic heterocycles. The van der Waals surface area contributed by atoms with E-state index in [9.17, 15) is 0 Å². The van der Waals surface area contributed by atoms with Gasteiger partial charge in [0, 0.05) is 0 Å². The Hall–Kier alpha value is -1.29. The number of nitrogen functional groups attached to an aromatic ring is 1. The molecule has 0 aliphatic carbocycles. The minimum absolute atomic E-state index is 0.275. The van der Waals surface area contributed by atoms with Crippen LogP contribution in [0.3, 0.4) is 0 Å². The van der Waals surface area contributed by atoms with E-state index >= 15 is 0 Å². The van der Waals surface area contributed by atoms with Gasteiger partial charge in [0.1, 0.15) is 0 Å². The lowest BCUT2D eigenvalue weighted by Gasteiger charge is -2.04. The van der Waals surface area contributed by atoms with E-state index in [1.54, 1.807) is 24.3 Å². The van der Waals surface area contributed by atoms with Crippen LogP contribution in [0.5, 0.6) is 0 Å². The molecule has 1 aromatic carbocycles. The molecule has 1 aromatic rings. The maximum atomic E-state index is 8.70. The first-order chi connectivity index (χ1) is 5.20. The second-order valence-electron chi connectivity index (χ2n) is 2.02. The first-order valence-electron chi connectivity index (χ1n) is 3.04. The Morgan fingerprint density at radius 1 is 1.45 bits per heavy atom. The van der Waals surface area contributed by atoms with Gasteiger partial charge >= 0.3 is 0 Å². The van der Waals surface area contributed by atoms with Gasteiger partial charge in [0.2, 0.25) is 0 Å². The summed E-state index contributed by atoms with van der Waals surface area (Å²) in [6.07, 6.45) is 0. The van der Waals surface area contributed by atoms with Crippen molar-refractivity contribution in [2.45, 2.75) is 0 Å². The van der Waals surface area contributed by atoms with Crippen molar-refractivity contribution in [2.75, 3.05) is 11.1 Å². The van der Waals surface area contributed by atoms with Crippen molar-refractivity contribution >= 4 is 28.8 Å². The normalized spacial score (nSPS) is 9.09. The lowest BCUT2D eigenvalue weighted by atomic mass is 10.3. The van der Waals surface area contributed by atoms with Crippen LogP contribution < -0.4 is 11.1 Å². The average Bonchev–Trinajstić information content (AvgIpc) is 1.93. The van der Waals surface area contributed by atoms with E-state index in [1.165, 1.54) is 0 Å². The number of hydrogen-bond acceptors (Lipinski definition) is 2. The molecule has 0 saturated heterocycles. The van der Waals surface area contributed by atoms with E-state index in [0.717, 1.165) is 0 Å². The number of nitrogens with two attached hydrogens (primary N) is 1. The molecule has 0 aliphatic rings. The molecule has 58 valence electrons. The zero-order chi connectivity index (χ0) is 8.27. The van der Waals surface area contributed by atoms with Gasteiger partial charge in [0.15, 0.2) is 0 Å². The minimum atomic E-state index is -0.275. The number of aliphatic hydroxyl groups is 1. The van der Waals surface area contributed by atoms with Crippen molar-refractivity contribution in [3.05, 3.63) is 24.3 Å². The molecule has 0 heterocycles. The second-order valence-corrected chi connectivity index (χ2v) is 2.40. The molecule has 0 bridgehead atoms. The van der Waals surface area contributed by atoms with Crippen LogP contribution in [0, 0.1) is 0 Å². The van der Waals surface area contributed by atoms with Crippen LogP contribution in [0.1, 0.15) is 0 Å². The number of anilines is 2. The number of nitrogens with one attached hydrogen (secondary N) is 1. The summed E-state index contributed by atoms with van der Waals surface area (Å²) in [5.41, 5.74) is 6.72. The van der Waals surface area contributed by atoms with Gasteiger partial charge < -0.3 is 16.2 Å². The largest absolute Gasteiger partial charge is 0.486 e. The fourth-order valence-corrected chi connectivity index (χ4v) is 0.836. The zero-order valence-corrected chi connectivity index (χ0v) is 6.56. The van der Waals surface area contributed by atoms with Gasteiger partial charge in [0.25, 0.3) is 5.17 Å². The van der Waals surface area contributed by atoms with Crippen LogP contribution in [0.4, 0.5) is 11.4 Å². The van der Waals surface area contributed by atoms with E-state index in [-0.39, 0.29) is 5.17 Å². The Morgan fingerprint density at radius 2 is 2.09 bits per heavy atom. The standard InChI is InChI=1S/C7H8N2OS/c8-5-3-1-2-4-6(5)9-7(10)11/h1-4H,8H2,(H2,9,10,11). The number of para-hydroxylation sites is 2. The maximum Gasteiger partial charge on any atom is 0.258 e. The van der Waals surface area contributed by atoms with Crippen LogP contribution in [-0.2, 0) is 0 Å². The first kappa shape index (κ1) is 7.81. The molecule has 4 heteroatoms. The molecule has 4 N–H and O–H groups in total. The Balaban J connectivity index is 2.86. The van der Waals surface area contributed by atoms with Gasteiger partial charge in [-0.3, -0.25) is 0 Å². The summed E-state index contributed by atoms with van der Waals surface area (Å²) in [6.45, 7) is 0. The Morgan fingerprint density at radius 3 is 2.64 bits per heavy atom. The number of rotatable bonds is 1.